The monoisotopic (exact) mass is 274 g/mol. The van der Waals surface area contributed by atoms with Crippen LogP contribution in [0.2, 0.25) is 0 Å². The van der Waals surface area contributed by atoms with Gasteiger partial charge < -0.3 is 18.9 Å². The second-order valence-corrected chi connectivity index (χ2v) is 4.39. The Hall–Kier alpha value is -1.63. The predicted octanol–water partition coefficient (Wildman–Crippen LogP) is 0.405. The molecule has 0 saturated carbocycles. The molecular weight excluding hydrogens is 256 g/mol. The van der Waals surface area contributed by atoms with Gasteiger partial charge in [0.1, 0.15) is 12.7 Å². The first-order chi connectivity index (χ1) is 8.81. The molecule has 19 heavy (non-hydrogen) atoms. The zero-order chi connectivity index (χ0) is 14.6. The van der Waals surface area contributed by atoms with Crippen LogP contribution in [0.1, 0.15) is 27.7 Å². The van der Waals surface area contributed by atoms with Crippen molar-refractivity contribution in [2.75, 3.05) is 6.61 Å². The molecule has 1 aliphatic heterocycles. The van der Waals surface area contributed by atoms with E-state index in [-0.39, 0.29) is 12.5 Å². The van der Waals surface area contributed by atoms with Crippen LogP contribution in [0.3, 0.4) is 0 Å². The normalized spacial score (nSPS) is 29.7. The van der Waals surface area contributed by atoms with Crippen LogP contribution in [0.4, 0.5) is 0 Å². The van der Waals surface area contributed by atoms with E-state index in [1.807, 2.05) is 0 Å². The molecule has 0 aliphatic carbocycles. The van der Waals surface area contributed by atoms with Crippen LogP contribution in [0.25, 0.3) is 0 Å². The van der Waals surface area contributed by atoms with Gasteiger partial charge in [-0.25, -0.2) is 0 Å². The van der Waals surface area contributed by atoms with Gasteiger partial charge in [-0.2, -0.15) is 0 Å². The maximum Gasteiger partial charge on any atom is 0.305 e. The van der Waals surface area contributed by atoms with Crippen molar-refractivity contribution in [2.45, 2.75) is 46.2 Å². The van der Waals surface area contributed by atoms with E-state index in [2.05, 4.69) is 0 Å². The number of rotatable bonds is 4. The van der Waals surface area contributed by atoms with E-state index in [1.54, 1.807) is 6.92 Å². The van der Waals surface area contributed by atoms with Crippen LogP contribution in [0.15, 0.2) is 0 Å². The number of esters is 3. The molecule has 1 rings (SSSR count). The van der Waals surface area contributed by atoms with Crippen molar-refractivity contribution in [1.82, 2.24) is 0 Å². The minimum atomic E-state index is -0.975. The lowest BCUT2D eigenvalue weighted by Crippen LogP contribution is -2.34. The Morgan fingerprint density at radius 2 is 1.58 bits per heavy atom. The molecule has 0 N–H and O–H groups in total. The van der Waals surface area contributed by atoms with Gasteiger partial charge in [-0.05, 0) is 0 Å². The van der Waals surface area contributed by atoms with Gasteiger partial charge in [0, 0.05) is 26.7 Å². The molecule has 7 heteroatoms. The minimum Gasteiger partial charge on any atom is -0.463 e. The lowest BCUT2D eigenvalue weighted by atomic mass is 10.0. The fraction of sp³-hybridized carbons (Fsp3) is 0.750. The largest absolute Gasteiger partial charge is 0.463 e. The highest BCUT2D eigenvalue weighted by atomic mass is 16.7. The Balaban J connectivity index is 2.70. The van der Waals surface area contributed by atoms with Crippen molar-refractivity contribution in [3.63, 3.8) is 0 Å². The molecule has 7 nitrogen and oxygen atoms in total. The summed E-state index contributed by atoms with van der Waals surface area (Å²) in [6.45, 7) is 5.57. The zero-order valence-electron chi connectivity index (χ0n) is 11.4. The van der Waals surface area contributed by atoms with Crippen LogP contribution in [0.5, 0.6) is 0 Å². The molecule has 1 heterocycles. The van der Waals surface area contributed by atoms with Crippen molar-refractivity contribution in [3.05, 3.63) is 0 Å². The lowest BCUT2D eigenvalue weighted by Gasteiger charge is -2.20. The summed E-state index contributed by atoms with van der Waals surface area (Å²) >= 11 is 0. The van der Waals surface area contributed by atoms with E-state index in [1.165, 1.54) is 20.8 Å². The van der Waals surface area contributed by atoms with Gasteiger partial charge in [0.25, 0.3) is 0 Å². The number of ether oxygens (including phenoxy) is 4. The first kappa shape index (κ1) is 15.4. The molecular formula is C12H18O7. The van der Waals surface area contributed by atoms with Crippen molar-refractivity contribution in [1.29, 1.82) is 0 Å². The van der Waals surface area contributed by atoms with Crippen molar-refractivity contribution in [2.24, 2.45) is 5.92 Å². The fourth-order valence-electron chi connectivity index (χ4n) is 1.84. The summed E-state index contributed by atoms with van der Waals surface area (Å²) in [5.74, 6) is -1.73. The molecule has 0 spiro atoms. The first-order valence-electron chi connectivity index (χ1n) is 5.94. The highest BCUT2D eigenvalue weighted by molar-refractivity contribution is 5.67. The molecule has 0 radical (unpaired) electrons. The van der Waals surface area contributed by atoms with E-state index in [0.717, 1.165) is 0 Å². The van der Waals surface area contributed by atoms with E-state index >= 15 is 0 Å². The molecule has 0 aromatic carbocycles. The standard InChI is InChI=1S/C12H18O7/c1-6-10(5-16-7(2)13)19-12(18-9(4)15)11(6)17-8(3)14/h6,10-12H,5H2,1-4H3/t6-,10-,11-,12-/m0/s1. The van der Waals surface area contributed by atoms with E-state index in [0.29, 0.717) is 0 Å². The smallest absolute Gasteiger partial charge is 0.305 e. The molecule has 4 atom stereocenters. The van der Waals surface area contributed by atoms with E-state index in [9.17, 15) is 14.4 Å². The van der Waals surface area contributed by atoms with Crippen LogP contribution in [-0.4, -0.2) is 43.0 Å². The van der Waals surface area contributed by atoms with Gasteiger partial charge >= 0.3 is 17.9 Å². The first-order valence-corrected chi connectivity index (χ1v) is 5.94. The fourth-order valence-corrected chi connectivity index (χ4v) is 1.84. The third-order valence-corrected chi connectivity index (χ3v) is 2.72. The molecule has 1 aliphatic rings. The molecule has 0 bridgehead atoms. The average molecular weight is 274 g/mol. The second kappa shape index (κ2) is 6.51. The Kier molecular flexibility index (Phi) is 5.29. The summed E-state index contributed by atoms with van der Waals surface area (Å²) in [6, 6.07) is 0. The molecule has 1 saturated heterocycles. The molecule has 108 valence electrons. The Morgan fingerprint density at radius 3 is 2.05 bits per heavy atom. The third-order valence-electron chi connectivity index (χ3n) is 2.72. The SMILES string of the molecule is CC(=O)OC[C@@H]1O[C@H](OC(C)=O)[C@@H](OC(C)=O)[C@H]1C. The van der Waals surface area contributed by atoms with Gasteiger partial charge in [0.05, 0.1) is 0 Å². The predicted molar refractivity (Wildman–Crippen MR) is 61.8 cm³/mol. The quantitative estimate of drug-likeness (QED) is 0.541. The van der Waals surface area contributed by atoms with Gasteiger partial charge in [0.15, 0.2) is 6.10 Å². The van der Waals surface area contributed by atoms with Crippen molar-refractivity contribution >= 4 is 17.9 Å². The summed E-state index contributed by atoms with van der Waals surface area (Å²) in [7, 11) is 0. The number of hydrogen-bond acceptors (Lipinski definition) is 7. The molecule has 0 unspecified atom stereocenters. The Morgan fingerprint density at radius 1 is 1.00 bits per heavy atom. The lowest BCUT2D eigenvalue weighted by molar-refractivity contribution is -0.196. The van der Waals surface area contributed by atoms with Crippen LogP contribution >= 0.6 is 0 Å². The highest BCUT2D eigenvalue weighted by Crippen LogP contribution is 2.30. The van der Waals surface area contributed by atoms with Crippen molar-refractivity contribution < 1.29 is 33.3 Å². The summed E-state index contributed by atoms with van der Waals surface area (Å²) in [5.41, 5.74) is 0. The molecule has 0 amide bonds. The van der Waals surface area contributed by atoms with Gasteiger partial charge in [-0.3, -0.25) is 14.4 Å². The summed E-state index contributed by atoms with van der Waals surface area (Å²) in [6.07, 6.45) is -2.17. The zero-order valence-corrected chi connectivity index (χ0v) is 11.4. The van der Waals surface area contributed by atoms with Gasteiger partial charge in [-0.1, -0.05) is 6.92 Å². The number of carbonyl (C=O) groups excluding carboxylic acids is 3. The van der Waals surface area contributed by atoms with Crippen LogP contribution in [-0.2, 0) is 33.3 Å². The number of hydrogen-bond donors (Lipinski definition) is 0. The van der Waals surface area contributed by atoms with Gasteiger partial charge in [0.2, 0.25) is 6.29 Å². The maximum atomic E-state index is 11.0. The van der Waals surface area contributed by atoms with Crippen molar-refractivity contribution in [3.8, 4) is 0 Å². The summed E-state index contributed by atoms with van der Waals surface area (Å²) < 4.78 is 20.4. The maximum absolute atomic E-state index is 11.0. The number of carbonyl (C=O) groups is 3. The average Bonchev–Trinajstić information content (AvgIpc) is 2.53. The summed E-state index contributed by atoms with van der Waals surface area (Å²) in [5, 5.41) is 0. The second-order valence-electron chi connectivity index (χ2n) is 4.39. The Labute approximate surface area is 111 Å². The summed E-state index contributed by atoms with van der Waals surface area (Å²) in [4.78, 5) is 32.8. The Bertz CT molecular complexity index is 365. The topological polar surface area (TPSA) is 88.1 Å². The molecule has 0 aromatic rings. The van der Waals surface area contributed by atoms with E-state index < -0.39 is 36.4 Å². The minimum absolute atomic E-state index is 0.0199. The third kappa shape index (κ3) is 4.51. The van der Waals surface area contributed by atoms with Crippen LogP contribution < -0.4 is 0 Å². The van der Waals surface area contributed by atoms with Crippen LogP contribution in [0, 0.1) is 5.92 Å². The molecule has 1 fully saturated rings. The molecule has 0 aromatic heterocycles. The van der Waals surface area contributed by atoms with E-state index in [4.69, 9.17) is 18.9 Å². The highest BCUT2D eigenvalue weighted by Gasteiger charge is 2.46. The van der Waals surface area contributed by atoms with Gasteiger partial charge in [-0.15, -0.1) is 0 Å².